The van der Waals surface area contributed by atoms with Gasteiger partial charge in [0.25, 0.3) is 11.5 Å². The quantitative estimate of drug-likeness (QED) is 0.690. The van der Waals surface area contributed by atoms with E-state index in [1.165, 1.54) is 21.6 Å². The fourth-order valence-corrected chi connectivity index (χ4v) is 4.72. The van der Waals surface area contributed by atoms with Crippen LogP contribution in [-0.4, -0.2) is 15.5 Å². The van der Waals surface area contributed by atoms with Crippen LogP contribution in [0.15, 0.2) is 47.4 Å². The summed E-state index contributed by atoms with van der Waals surface area (Å²) in [4.78, 5) is 30.7. The maximum Gasteiger partial charge on any atom is 0.258 e. The van der Waals surface area contributed by atoms with Crippen molar-refractivity contribution in [1.29, 1.82) is 0 Å². The first kappa shape index (κ1) is 18.9. The number of anilines is 1. The van der Waals surface area contributed by atoms with Crippen LogP contribution in [0.2, 0.25) is 5.02 Å². The number of aryl methyl sites for hydroxylation is 1. The van der Waals surface area contributed by atoms with Gasteiger partial charge in [0, 0.05) is 22.2 Å². The molecular weight excluding hydrogens is 394 g/mol. The molecule has 0 aliphatic heterocycles. The molecule has 0 fully saturated rings. The molecule has 3 aromatic rings. The molecule has 0 radical (unpaired) electrons. The van der Waals surface area contributed by atoms with Crippen LogP contribution in [-0.2, 0) is 19.4 Å². The Bertz CT molecular complexity index is 1090. The Labute approximate surface area is 172 Å². The molecule has 1 amide bonds. The molecule has 0 spiro atoms. The monoisotopic (exact) mass is 413 g/mol. The number of hydrogen-bond donors (Lipinski definition) is 1. The minimum Gasteiger partial charge on any atom is -0.310 e. The second kappa shape index (κ2) is 7.89. The molecule has 1 aliphatic carbocycles. The number of carbonyl (C=O) groups is 1. The number of amides is 1. The van der Waals surface area contributed by atoms with E-state index < -0.39 is 0 Å². The molecule has 28 heavy (non-hydrogen) atoms. The van der Waals surface area contributed by atoms with E-state index in [1.807, 2.05) is 18.2 Å². The zero-order chi connectivity index (χ0) is 19.7. The molecule has 0 saturated heterocycles. The third kappa shape index (κ3) is 4.03. The van der Waals surface area contributed by atoms with Gasteiger partial charge in [-0.15, -0.1) is 11.3 Å². The predicted molar refractivity (Wildman–Crippen MR) is 113 cm³/mol. The highest BCUT2D eigenvalue weighted by molar-refractivity contribution is 7.15. The van der Waals surface area contributed by atoms with Crippen molar-refractivity contribution in [1.82, 2.24) is 9.55 Å². The van der Waals surface area contributed by atoms with E-state index in [2.05, 4.69) is 17.2 Å². The number of pyridine rings is 1. The second-order valence-electron chi connectivity index (χ2n) is 7.17. The van der Waals surface area contributed by atoms with E-state index in [0.29, 0.717) is 28.2 Å². The van der Waals surface area contributed by atoms with Crippen LogP contribution >= 0.6 is 22.9 Å². The molecule has 1 aliphatic rings. The van der Waals surface area contributed by atoms with Crippen molar-refractivity contribution in [2.24, 2.45) is 5.92 Å². The van der Waals surface area contributed by atoms with Crippen LogP contribution < -0.4 is 10.9 Å². The second-order valence-corrected chi connectivity index (χ2v) is 8.66. The molecule has 0 saturated carbocycles. The number of thiazole rings is 1. The number of nitrogens with one attached hydrogen (secondary N) is 1. The number of aromatic nitrogens is 2. The van der Waals surface area contributed by atoms with Crippen LogP contribution in [0.4, 0.5) is 5.13 Å². The van der Waals surface area contributed by atoms with Gasteiger partial charge in [0.15, 0.2) is 5.13 Å². The smallest absolute Gasteiger partial charge is 0.258 e. The average Bonchev–Trinajstić information content (AvgIpc) is 3.06. The minimum atomic E-state index is -0.271. The molecule has 144 valence electrons. The van der Waals surface area contributed by atoms with Gasteiger partial charge in [-0.3, -0.25) is 14.9 Å². The van der Waals surface area contributed by atoms with Crippen LogP contribution in [0, 0.1) is 5.92 Å². The van der Waals surface area contributed by atoms with Gasteiger partial charge in [-0.1, -0.05) is 36.7 Å². The number of nitrogens with zero attached hydrogens (tertiary/aromatic N) is 2. The van der Waals surface area contributed by atoms with Gasteiger partial charge in [-0.2, -0.15) is 0 Å². The summed E-state index contributed by atoms with van der Waals surface area (Å²) in [6.45, 7) is 2.55. The van der Waals surface area contributed by atoms with Gasteiger partial charge in [-0.25, -0.2) is 4.98 Å². The summed E-state index contributed by atoms with van der Waals surface area (Å²) in [6, 6.07) is 10.3. The molecule has 1 aromatic carbocycles. The Hall–Kier alpha value is -2.44. The Morgan fingerprint density at radius 1 is 1.32 bits per heavy atom. The lowest BCUT2D eigenvalue weighted by Crippen LogP contribution is -2.22. The molecule has 4 rings (SSSR count). The summed E-state index contributed by atoms with van der Waals surface area (Å²) in [6.07, 6.45) is 4.69. The van der Waals surface area contributed by atoms with Crippen LogP contribution in [0.25, 0.3) is 0 Å². The maximum atomic E-state index is 12.7. The lowest BCUT2D eigenvalue weighted by molar-refractivity contribution is 0.102. The van der Waals surface area contributed by atoms with E-state index in [1.54, 1.807) is 23.6 Å². The average molecular weight is 414 g/mol. The predicted octanol–water partition coefficient (Wildman–Crippen LogP) is 4.38. The molecular formula is C21H20ClN3O2S. The van der Waals surface area contributed by atoms with Gasteiger partial charge in [-0.05, 0) is 42.9 Å². The van der Waals surface area contributed by atoms with Crippen molar-refractivity contribution in [3.63, 3.8) is 0 Å². The molecule has 2 heterocycles. The first-order valence-corrected chi connectivity index (χ1v) is 10.4. The van der Waals surface area contributed by atoms with Gasteiger partial charge in [0.1, 0.15) is 0 Å². The summed E-state index contributed by atoms with van der Waals surface area (Å²) in [7, 11) is 0. The van der Waals surface area contributed by atoms with Crippen LogP contribution in [0.3, 0.4) is 0 Å². The van der Waals surface area contributed by atoms with Crippen molar-refractivity contribution in [3.8, 4) is 0 Å². The lowest BCUT2D eigenvalue weighted by Gasteiger charge is -2.15. The Balaban J connectivity index is 1.54. The fraction of sp³-hybridized carbons (Fsp3) is 0.286. The highest BCUT2D eigenvalue weighted by Crippen LogP contribution is 2.32. The molecule has 2 aromatic heterocycles. The fourth-order valence-electron chi connectivity index (χ4n) is 3.36. The number of hydrogen-bond acceptors (Lipinski definition) is 4. The van der Waals surface area contributed by atoms with Crippen molar-refractivity contribution in [3.05, 3.63) is 79.7 Å². The highest BCUT2D eigenvalue weighted by atomic mass is 35.5. The van der Waals surface area contributed by atoms with Crippen LogP contribution in [0.5, 0.6) is 0 Å². The molecule has 1 unspecified atom stereocenters. The maximum absolute atomic E-state index is 12.7. The van der Waals surface area contributed by atoms with E-state index in [-0.39, 0.29) is 11.5 Å². The Morgan fingerprint density at radius 3 is 2.96 bits per heavy atom. The Kier molecular flexibility index (Phi) is 5.33. The van der Waals surface area contributed by atoms with Crippen LogP contribution in [0.1, 0.15) is 39.8 Å². The van der Waals surface area contributed by atoms with Gasteiger partial charge in [0.2, 0.25) is 0 Å². The SMILES string of the molecule is CC1CCc2nc(NC(=O)c3ccc(=O)n(Cc4ccccc4Cl)c3)sc2C1. The number of benzene rings is 1. The van der Waals surface area contributed by atoms with Crippen molar-refractivity contribution in [2.45, 2.75) is 32.7 Å². The largest absolute Gasteiger partial charge is 0.310 e. The first-order chi connectivity index (χ1) is 13.5. The van der Waals surface area contributed by atoms with E-state index in [9.17, 15) is 9.59 Å². The molecule has 0 bridgehead atoms. The van der Waals surface area contributed by atoms with Crippen molar-refractivity contribution < 1.29 is 4.79 Å². The molecule has 1 N–H and O–H groups in total. The summed E-state index contributed by atoms with van der Waals surface area (Å²) in [5.41, 5.74) is 2.15. The van der Waals surface area contributed by atoms with Gasteiger partial charge in [0.05, 0.1) is 17.8 Å². The molecule has 1 atom stereocenters. The van der Waals surface area contributed by atoms with Crippen molar-refractivity contribution >= 4 is 34.0 Å². The molecule has 5 nitrogen and oxygen atoms in total. The third-order valence-electron chi connectivity index (χ3n) is 4.95. The van der Waals surface area contributed by atoms with E-state index >= 15 is 0 Å². The van der Waals surface area contributed by atoms with Gasteiger partial charge < -0.3 is 4.57 Å². The number of carbonyl (C=O) groups excluding carboxylic acids is 1. The summed E-state index contributed by atoms with van der Waals surface area (Å²) >= 11 is 7.74. The highest BCUT2D eigenvalue weighted by Gasteiger charge is 2.21. The normalized spacial score (nSPS) is 15.9. The molecule has 7 heteroatoms. The number of fused-ring (bicyclic) bond motifs is 1. The summed E-state index contributed by atoms with van der Waals surface area (Å²) in [5.74, 6) is 0.386. The lowest BCUT2D eigenvalue weighted by atomic mass is 9.93. The Morgan fingerprint density at radius 2 is 2.14 bits per heavy atom. The zero-order valence-electron chi connectivity index (χ0n) is 15.4. The van der Waals surface area contributed by atoms with Gasteiger partial charge >= 0.3 is 0 Å². The minimum absolute atomic E-state index is 0.185. The van der Waals surface area contributed by atoms with E-state index in [4.69, 9.17) is 11.6 Å². The van der Waals surface area contributed by atoms with Crippen molar-refractivity contribution in [2.75, 3.05) is 5.32 Å². The summed E-state index contributed by atoms with van der Waals surface area (Å²) < 4.78 is 1.49. The number of rotatable bonds is 4. The first-order valence-electron chi connectivity index (χ1n) is 9.23. The third-order valence-corrected chi connectivity index (χ3v) is 6.35. The standard InChI is InChI=1S/C21H20ClN3O2S/c1-13-6-8-17-18(10-13)28-21(23-17)24-20(27)15-7-9-19(26)25(12-15)11-14-4-2-3-5-16(14)22/h2-5,7,9,12-13H,6,8,10-11H2,1H3,(H,23,24,27). The van der Waals surface area contributed by atoms with E-state index in [0.717, 1.165) is 30.5 Å². The topological polar surface area (TPSA) is 64.0 Å². The summed E-state index contributed by atoms with van der Waals surface area (Å²) in [5, 5.41) is 4.09. The zero-order valence-corrected chi connectivity index (χ0v) is 17.0. The number of halogens is 1.